The molecule has 3 rings (SSSR count). The molecule has 1 N–H and O–H groups in total. The molecule has 0 aliphatic carbocycles. The minimum absolute atomic E-state index is 0.180. The Morgan fingerprint density at radius 3 is 2.54 bits per heavy atom. The average molecular weight is 348 g/mol. The number of aryl methyl sites for hydroxylation is 1. The van der Waals surface area contributed by atoms with Crippen molar-refractivity contribution in [2.75, 3.05) is 18.5 Å². The molecule has 0 fully saturated rings. The van der Waals surface area contributed by atoms with E-state index in [0.29, 0.717) is 24.2 Å². The molecule has 2 aromatic rings. The van der Waals surface area contributed by atoms with E-state index >= 15 is 0 Å². The van der Waals surface area contributed by atoms with Gasteiger partial charge in [0.15, 0.2) is 0 Å². The maximum absolute atomic E-state index is 13.0. The number of amides is 1. The van der Waals surface area contributed by atoms with Crippen LogP contribution in [0, 0.1) is 5.82 Å². The van der Waals surface area contributed by atoms with Gasteiger partial charge in [0.25, 0.3) is 5.91 Å². The fourth-order valence-electron chi connectivity index (χ4n) is 2.82. The van der Waals surface area contributed by atoms with Crippen LogP contribution in [-0.2, 0) is 16.4 Å². The summed E-state index contributed by atoms with van der Waals surface area (Å²) in [5.74, 6) is -0.618. The monoisotopic (exact) mass is 348 g/mol. The summed E-state index contributed by atoms with van der Waals surface area (Å²) in [6, 6.07) is 10.1. The first-order valence-electron chi connectivity index (χ1n) is 7.56. The maximum atomic E-state index is 13.0. The number of halogens is 1. The van der Waals surface area contributed by atoms with Crippen LogP contribution in [0.2, 0.25) is 0 Å². The molecule has 1 aliphatic heterocycles. The van der Waals surface area contributed by atoms with Crippen LogP contribution in [0.25, 0.3) is 0 Å². The molecule has 0 radical (unpaired) electrons. The summed E-state index contributed by atoms with van der Waals surface area (Å²) in [4.78, 5) is 14.5. The van der Waals surface area contributed by atoms with Crippen LogP contribution in [0.5, 0.6) is 0 Å². The summed E-state index contributed by atoms with van der Waals surface area (Å²) < 4.78 is 39.2. The molecule has 0 spiro atoms. The third-order valence-electron chi connectivity index (χ3n) is 4.08. The standard InChI is InChI=1S/C17H17FN2O3S/c1-19-24(22,23)15-8-9-16-13(11-15)3-2-10-20(16)17(21)12-4-6-14(18)7-5-12/h4-9,11,19H,2-3,10H2,1H3. The molecular formula is C17H17FN2O3S. The van der Waals surface area contributed by atoms with E-state index < -0.39 is 15.8 Å². The highest BCUT2D eigenvalue weighted by Crippen LogP contribution is 2.30. The molecule has 0 bridgehead atoms. The lowest BCUT2D eigenvalue weighted by molar-refractivity contribution is 0.0985. The number of fused-ring (bicyclic) bond motifs is 1. The average Bonchev–Trinajstić information content (AvgIpc) is 2.60. The first kappa shape index (κ1) is 16.6. The third kappa shape index (κ3) is 3.05. The van der Waals surface area contributed by atoms with Gasteiger partial charge in [0.05, 0.1) is 4.90 Å². The summed E-state index contributed by atoms with van der Waals surface area (Å²) in [7, 11) is -2.16. The van der Waals surface area contributed by atoms with E-state index in [0.717, 1.165) is 12.0 Å². The quantitative estimate of drug-likeness (QED) is 0.926. The molecule has 0 unspecified atom stereocenters. The lowest BCUT2D eigenvalue weighted by Gasteiger charge is -2.30. The van der Waals surface area contributed by atoms with Crippen molar-refractivity contribution in [3.8, 4) is 0 Å². The number of nitrogens with one attached hydrogen (secondary N) is 1. The number of sulfonamides is 1. The highest BCUT2D eigenvalue weighted by atomic mass is 32.2. The zero-order valence-electron chi connectivity index (χ0n) is 13.1. The molecule has 126 valence electrons. The van der Waals surface area contributed by atoms with Gasteiger partial charge in [-0.1, -0.05) is 0 Å². The van der Waals surface area contributed by atoms with E-state index in [4.69, 9.17) is 0 Å². The highest BCUT2D eigenvalue weighted by molar-refractivity contribution is 7.89. The molecule has 1 aliphatic rings. The topological polar surface area (TPSA) is 66.5 Å². The van der Waals surface area contributed by atoms with E-state index in [1.807, 2.05) is 0 Å². The first-order valence-corrected chi connectivity index (χ1v) is 9.04. The van der Waals surface area contributed by atoms with E-state index in [1.165, 1.54) is 37.4 Å². The van der Waals surface area contributed by atoms with Gasteiger partial charge in [0, 0.05) is 17.8 Å². The van der Waals surface area contributed by atoms with E-state index in [1.54, 1.807) is 17.0 Å². The lowest BCUT2D eigenvalue weighted by Crippen LogP contribution is -2.35. The SMILES string of the molecule is CNS(=O)(=O)c1ccc2c(c1)CCCN2C(=O)c1ccc(F)cc1. The minimum atomic E-state index is -3.52. The molecule has 5 nitrogen and oxygen atoms in total. The molecule has 0 saturated heterocycles. The summed E-state index contributed by atoms with van der Waals surface area (Å²) in [5.41, 5.74) is 1.91. The van der Waals surface area contributed by atoms with Gasteiger partial charge in [-0.2, -0.15) is 0 Å². The van der Waals surface area contributed by atoms with Crippen LogP contribution in [0.4, 0.5) is 10.1 Å². The van der Waals surface area contributed by atoms with Crippen molar-refractivity contribution in [3.05, 3.63) is 59.4 Å². The van der Waals surface area contributed by atoms with Gasteiger partial charge in [-0.05, 0) is 67.9 Å². The van der Waals surface area contributed by atoms with Crippen molar-refractivity contribution >= 4 is 21.6 Å². The van der Waals surface area contributed by atoms with Crippen molar-refractivity contribution in [1.82, 2.24) is 4.72 Å². The Labute approximate surface area is 140 Å². The molecule has 1 amide bonds. The number of rotatable bonds is 3. The van der Waals surface area contributed by atoms with Crippen molar-refractivity contribution in [1.29, 1.82) is 0 Å². The van der Waals surface area contributed by atoms with Crippen molar-refractivity contribution in [2.24, 2.45) is 0 Å². The molecular weight excluding hydrogens is 331 g/mol. The minimum Gasteiger partial charge on any atom is -0.308 e. The van der Waals surface area contributed by atoms with Gasteiger partial charge in [0.1, 0.15) is 5.82 Å². The zero-order chi connectivity index (χ0) is 17.3. The summed E-state index contributed by atoms with van der Waals surface area (Å²) in [6.45, 7) is 0.543. The second-order valence-electron chi connectivity index (χ2n) is 5.57. The Morgan fingerprint density at radius 1 is 1.17 bits per heavy atom. The molecule has 0 saturated carbocycles. The number of hydrogen-bond donors (Lipinski definition) is 1. The number of carbonyl (C=O) groups is 1. The summed E-state index contributed by atoms with van der Waals surface area (Å²) in [6.07, 6.45) is 1.44. The molecule has 24 heavy (non-hydrogen) atoms. The maximum Gasteiger partial charge on any atom is 0.258 e. The van der Waals surface area contributed by atoms with Crippen molar-refractivity contribution in [3.63, 3.8) is 0 Å². The molecule has 0 atom stereocenters. The van der Waals surface area contributed by atoms with Gasteiger partial charge in [-0.15, -0.1) is 0 Å². The van der Waals surface area contributed by atoms with Gasteiger partial charge in [-0.25, -0.2) is 17.5 Å². The molecule has 0 aromatic heterocycles. The van der Waals surface area contributed by atoms with Crippen LogP contribution in [0.3, 0.4) is 0 Å². The number of anilines is 1. The fourth-order valence-corrected chi connectivity index (χ4v) is 3.60. The molecule has 2 aromatic carbocycles. The smallest absolute Gasteiger partial charge is 0.258 e. The predicted molar refractivity (Wildman–Crippen MR) is 89.1 cm³/mol. The lowest BCUT2D eigenvalue weighted by atomic mass is 10.0. The Balaban J connectivity index is 1.97. The van der Waals surface area contributed by atoms with Gasteiger partial charge < -0.3 is 4.90 Å². The van der Waals surface area contributed by atoms with Crippen LogP contribution in [0.1, 0.15) is 22.3 Å². The van der Waals surface area contributed by atoms with Gasteiger partial charge in [0.2, 0.25) is 10.0 Å². The normalized spacial score (nSPS) is 14.3. The number of hydrogen-bond acceptors (Lipinski definition) is 3. The summed E-state index contributed by atoms with van der Waals surface area (Å²) in [5, 5.41) is 0. The largest absolute Gasteiger partial charge is 0.308 e. The Morgan fingerprint density at radius 2 is 1.88 bits per heavy atom. The van der Waals surface area contributed by atoms with E-state index in [-0.39, 0.29) is 10.8 Å². The Kier molecular flexibility index (Phi) is 4.38. The van der Waals surface area contributed by atoms with E-state index in [9.17, 15) is 17.6 Å². The van der Waals surface area contributed by atoms with E-state index in [2.05, 4.69) is 4.72 Å². The van der Waals surface area contributed by atoms with Gasteiger partial charge >= 0.3 is 0 Å². The number of carbonyl (C=O) groups excluding carboxylic acids is 1. The second-order valence-corrected chi connectivity index (χ2v) is 7.45. The third-order valence-corrected chi connectivity index (χ3v) is 5.50. The first-order chi connectivity index (χ1) is 11.4. The summed E-state index contributed by atoms with van der Waals surface area (Å²) >= 11 is 0. The van der Waals surface area contributed by atoms with Crippen LogP contribution < -0.4 is 9.62 Å². The number of benzene rings is 2. The molecule has 7 heteroatoms. The Bertz CT molecular complexity index is 879. The van der Waals surface area contributed by atoms with Crippen LogP contribution in [0.15, 0.2) is 47.4 Å². The molecule has 1 heterocycles. The zero-order valence-corrected chi connectivity index (χ0v) is 13.9. The fraction of sp³-hybridized carbons (Fsp3) is 0.235. The Hall–Kier alpha value is -2.25. The van der Waals surface area contributed by atoms with Gasteiger partial charge in [-0.3, -0.25) is 4.79 Å². The highest BCUT2D eigenvalue weighted by Gasteiger charge is 2.25. The van der Waals surface area contributed by atoms with Crippen molar-refractivity contribution < 1.29 is 17.6 Å². The van der Waals surface area contributed by atoms with Crippen LogP contribution in [-0.4, -0.2) is 27.9 Å². The van der Waals surface area contributed by atoms with Crippen LogP contribution >= 0.6 is 0 Å². The second kappa shape index (κ2) is 6.33. The number of nitrogens with zero attached hydrogens (tertiary/aromatic N) is 1. The predicted octanol–water partition coefficient (Wildman–Crippen LogP) is 2.33. The van der Waals surface area contributed by atoms with Crippen molar-refractivity contribution in [2.45, 2.75) is 17.7 Å².